The summed E-state index contributed by atoms with van der Waals surface area (Å²) in [5, 5.41) is 8.38. The number of rotatable bonds is 2. The molecule has 1 rings (SSSR count). The number of methoxy groups -OCH3 is 1. The maximum Gasteiger partial charge on any atom is 0.338 e. The molecule has 0 radical (unpaired) electrons. The SMILES string of the molecule is COC(=O)c1cc(C=CC#N)ccc1C. The van der Waals surface area contributed by atoms with Crippen LogP contribution in [0.4, 0.5) is 0 Å². The molecule has 0 aliphatic heterocycles. The number of esters is 1. The molecule has 0 aliphatic carbocycles. The standard InChI is InChI=1S/C12H11NO2/c1-9-5-6-10(4-3-7-13)8-11(9)12(14)15-2/h3-6,8H,1-2H3. The summed E-state index contributed by atoms with van der Waals surface area (Å²) in [6, 6.07) is 7.27. The number of ether oxygens (including phenoxy) is 1. The molecule has 0 aliphatic rings. The fourth-order valence-electron chi connectivity index (χ4n) is 1.21. The number of carbonyl (C=O) groups excluding carboxylic acids is 1. The van der Waals surface area contributed by atoms with Gasteiger partial charge in [0, 0.05) is 6.08 Å². The normalized spacial score (nSPS) is 9.93. The third-order valence-corrected chi connectivity index (χ3v) is 2.02. The summed E-state index contributed by atoms with van der Waals surface area (Å²) in [6.45, 7) is 1.84. The molecule has 0 N–H and O–H groups in total. The van der Waals surface area contributed by atoms with Gasteiger partial charge in [0.2, 0.25) is 0 Å². The van der Waals surface area contributed by atoms with Crippen molar-refractivity contribution in [1.29, 1.82) is 5.26 Å². The van der Waals surface area contributed by atoms with Gasteiger partial charge >= 0.3 is 5.97 Å². The van der Waals surface area contributed by atoms with E-state index in [1.807, 2.05) is 25.1 Å². The van der Waals surface area contributed by atoms with E-state index in [9.17, 15) is 4.79 Å². The summed E-state index contributed by atoms with van der Waals surface area (Å²) in [6.07, 6.45) is 3.01. The van der Waals surface area contributed by atoms with E-state index in [1.165, 1.54) is 13.2 Å². The van der Waals surface area contributed by atoms with E-state index >= 15 is 0 Å². The van der Waals surface area contributed by atoms with Crippen LogP contribution in [0.2, 0.25) is 0 Å². The molecule has 0 bridgehead atoms. The van der Waals surface area contributed by atoms with Crippen LogP contribution in [-0.2, 0) is 4.74 Å². The smallest absolute Gasteiger partial charge is 0.338 e. The van der Waals surface area contributed by atoms with E-state index in [1.54, 1.807) is 12.1 Å². The fraction of sp³-hybridized carbons (Fsp3) is 0.167. The van der Waals surface area contributed by atoms with Gasteiger partial charge in [-0.05, 0) is 30.2 Å². The van der Waals surface area contributed by atoms with Gasteiger partial charge in [-0.3, -0.25) is 0 Å². The molecule has 1 aromatic rings. The highest BCUT2D eigenvalue weighted by Gasteiger charge is 2.08. The minimum atomic E-state index is -0.361. The third-order valence-electron chi connectivity index (χ3n) is 2.02. The predicted molar refractivity (Wildman–Crippen MR) is 57.2 cm³/mol. The predicted octanol–water partition coefficient (Wildman–Crippen LogP) is 2.32. The van der Waals surface area contributed by atoms with Crippen molar-refractivity contribution < 1.29 is 9.53 Å². The second kappa shape index (κ2) is 4.97. The molecule has 0 fully saturated rings. The summed E-state index contributed by atoms with van der Waals surface area (Å²) >= 11 is 0. The number of benzene rings is 1. The van der Waals surface area contributed by atoms with Crippen LogP contribution in [-0.4, -0.2) is 13.1 Å². The van der Waals surface area contributed by atoms with E-state index in [0.717, 1.165) is 11.1 Å². The fourth-order valence-corrected chi connectivity index (χ4v) is 1.21. The van der Waals surface area contributed by atoms with Gasteiger partial charge in [-0.2, -0.15) is 5.26 Å². The van der Waals surface area contributed by atoms with Gasteiger partial charge in [0.1, 0.15) is 0 Å². The lowest BCUT2D eigenvalue weighted by Gasteiger charge is -2.04. The lowest BCUT2D eigenvalue weighted by atomic mass is 10.0. The molecule has 0 atom stereocenters. The van der Waals surface area contributed by atoms with Gasteiger partial charge in [-0.1, -0.05) is 12.1 Å². The molecule has 0 unspecified atom stereocenters. The van der Waals surface area contributed by atoms with Gasteiger partial charge in [0.15, 0.2) is 0 Å². The summed E-state index contributed by atoms with van der Waals surface area (Å²) in [5.74, 6) is -0.361. The monoisotopic (exact) mass is 201 g/mol. The first-order chi connectivity index (χ1) is 7.19. The molecule has 1 aromatic carbocycles. The van der Waals surface area contributed by atoms with Crippen molar-refractivity contribution in [1.82, 2.24) is 0 Å². The molecule has 0 aromatic heterocycles. The van der Waals surface area contributed by atoms with E-state index in [4.69, 9.17) is 5.26 Å². The Kier molecular flexibility index (Phi) is 3.64. The van der Waals surface area contributed by atoms with E-state index in [2.05, 4.69) is 4.74 Å². The van der Waals surface area contributed by atoms with Crippen LogP contribution in [0.5, 0.6) is 0 Å². The number of nitriles is 1. The van der Waals surface area contributed by atoms with Gasteiger partial charge in [0.05, 0.1) is 18.7 Å². The molecule has 0 amide bonds. The molecule has 0 heterocycles. The van der Waals surface area contributed by atoms with Gasteiger partial charge in [-0.15, -0.1) is 0 Å². The van der Waals surface area contributed by atoms with Crippen LogP contribution in [0, 0.1) is 18.3 Å². The maximum absolute atomic E-state index is 11.3. The molecule has 3 nitrogen and oxygen atoms in total. The van der Waals surface area contributed by atoms with Crippen molar-refractivity contribution in [3.05, 3.63) is 41.0 Å². The Morgan fingerprint density at radius 1 is 1.53 bits per heavy atom. The summed E-state index contributed by atoms with van der Waals surface area (Å²) < 4.78 is 4.65. The van der Waals surface area contributed by atoms with Crippen molar-refractivity contribution in [2.24, 2.45) is 0 Å². The Morgan fingerprint density at radius 3 is 2.87 bits per heavy atom. The Bertz CT molecular complexity index is 441. The highest BCUT2D eigenvalue weighted by atomic mass is 16.5. The van der Waals surface area contributed by atoms with Crippen molar-refractivity contribution in [3.8, 4) is 6.07 Å². The highest BCUT2D eigenvalue weighted by Crippen LogP contribution is 2.13. The van der Waals surface area contributed by atoms with Crippen molar-refractivity contribution in [2.75, 3.05) is 7.11 Å². The minimum absolute atomic E-state index is 0.361. The number of carbonyl (C=O) groups is 1. The molecule has 0 saturated heterocycles. The zero-order valence-corrected chi connectivity index (χ0v) is 8.65. The summed E-state index contributed by atoms with van der Waals surface area (Å²) in [5.41, 5.74) is 2.19. The molecular formula is C12H11NO2. The zero-order valence-electron chi connectivity index (χ0n) is 8.65. The zero-order chi connectivity index (χ0) is 11.3. The van der Waals surface area contributed by atoms with Crippen LogP contribution < -0.4 is 0 Å². The maximum atomic E-state index is 11.3. The van der Waals surface area contributed by atoms with E-state index < -0.39 is 0 Å². The first-order valence-electron chi connectivity index (χ1n) is 4.44. The van der Waals surface area contributed by atoms with Crippen molar-refractivity contribution >= 4 is 12.0 Å². The highest BCUT2D eigenvalue weighted by molar-refractivity contribution is 5.91. The van der Waals surface area contributed by atoms with Crippen LogP contribution in [0.15, 0.2) is 24.3 Å². The summed E-state index contributed by atoms with van der Waals surface area (Å²) in [4.78, 5) is 11.3. The number of hydrogen-bond donors (Lipinski definition) is 0. The topological polar surface area (TPSA) is 50.1 Å². The molecule has 15 heavy (non-hydrogen) atoms. The van der Waals surface area contributed by atoms with E-state index in [-0.39, 0.29) is 5.97 Å². The Morgan fingerprint density at radius 2 is 2.27 bits per heavy atom. The second-order valence-corrected chi connectivity index (χ2v) is 3.03. The first kappa shape index (κ1) is 11.0. The Labute approximate surface area is 88.6 Å². The van der Waals surface area contributed by atoms with Crippen LogP contribution in [0.1, 0.15) is 21.5 Å². The van der Waals surface area contributed by atoms with Crippen LogP contribution >= 0.6 is 0 Å². The second-order valence-electron chi connectivity index (χ2n) is 3.03. The molecule has 0 spiro atoms. The lowest BCUT2D eigenvalue weighted by Crippen LogP contribution is -2.03. The average Bonchev–Trinajstić information content (AvgIpc) is 2.27. The Balaban J connectivity index is 3.12. The van der Waals surface area contributed by atoms with Gasteiger partial charge in [0.25, 0.3) is 0 Å². The van der Waals surface area contributed by atoms with E-state index in [0.29, 0.717) is 5.56 Å². The Hall–Kier alpha value is -2.08. The van der Waals surface area contributed by atoms with Gasteiger partial charge < -0.3 is 4.74 Å². The molecule has 3 heteroatoms. The minimum Gasteiger partial charge on any atom is -0.465 e. The first-order valence-corrected chi connectivity index (χ1v) is 4.44. The summed E-state index contributed by atoms with van der Waals surface area (Å²) in [7, 11) is 1.35. The number of aryl methyl sites for hydroxylation is 1. The number of hydrogen-bond acceptors (Lipinski definition) is 3. The number of nitrogens with zero attached hydrogens (tertiary/aromatic N) is 1. The molecule has 76 valence electrons. The van der Waals surface area contributed by atoms with Crippen molar-refractivity contribution in [2.45, 2.75) is 6.92 Å². The van der Waals surface area contributed by atoms with Crippen LogP contribution in [0.25, 0.3) is 6.08 Å². The van der Waals surface area contributed by atoms with Gasteiger partial charge in [-0.25, -0.2) is 4.79 Å². The lowest BCUT2D eigenvalue weighted by molar-refractivity contribution is 0.0600. The quantitative estimate of drug-likeness (QED) is 0.545. The molecule has 0 saturated carbocycles. The van der Waals surface area contributed by atoms with Crippen molar-refractivity contribution in [3.63, 3.8) is 0 Å². The molecular weight excluding hydrogens is 190 g/mol. The van der Waals surface area contributed by atoms with Crippen LogP contribution in [0.3, 0.4) is 0 Å². The largest absolute Gasteiger partial charge is 0.465 e. The third kappa shape index (κ3) is 2.68. The average molecular weight is 201 g/mol. The number of allylic oxidation sites excluding steroid dienone is 1.